The third-order valence-electron chi connectivity index (χ3n) is 3.80. The normalized spacial score (nSPS) is 18.8. The number of rotatable bonds is 6. The van der Waals surface area contributed by atoms with Crippen molar-refractivity contribution in [2.45, 2.75) is 36.6 Å². The van der Waals surface area contributed by atoms with E-state index in [0.29, 0.717) is 18.4 Å². The van der Waals surface area contributed by atoms with Gasteiger partial charge in [0.1, 0.15) is 0 Å². The van der Waals surface area contributed by atoms with Crippen LogP contribution in [0.1, 0.15) is 25.7 Å². The summed E-state index contributed by atoms with van der Waals surface area (Å²) in [5.41, 5.74) is 0. The zero-order valence-electron chi connectivity index (χ0n) is 12.5. The number of amides is 1. The van der Waals surface area contributed by atoms with Gasteiger partial charge in [0.15, 0.2) is 0 Å². The first-order valence-corrected chi connectivity index (χ1v) is 8.89. The highest BCUT2D eigenvalue weighted by Crippen LogP contribution is 2.21. The Kier molecular flexibility index (Phi) is 6.87. The Morgan fingerprint density at radius 3 is 2.90 bits per heavy atom. The van der Waals surface area contributed by atoms with E-state index >= 15 is 0 Å². The van der Waals surface area contributed by atoms with Crippen molar-refractivity contribution in [1.82, 2.24) is 10.2 Å². The Morgan fingerprint density at radius 1 is 1.43 bits per heavy atom. The Hall–Kier alpha value is -0.710. The first-order valence-electron chi connectivity index (χ1n) is 7.52. The second kappa shape index (κ2) is 8.66. The molecule has 116 valence electrons. The van der Waals surface area contributed by atoms with Crippen LogP contribution in [0.15, 0.2) is 29.2 Å². The largest absolute Gasteiger partial charge is 0.341 e. The number of likely N-dealkylation sites (N-methyl/N-ethyl adjacent to an activating group) is 1. The van der Waals surface area contributed by atoms with Crippen LogP contribution in [-0.4, -0.2) is 42.7 Å². The average Bonchev–Trinajstić information content (AvgIpc) is 2.53. The highest BCUT2D eigenvalue weighted by atomic mass is 35.5. The summed E-state index contributed by atoms with van der Waals surface area (Å²) in [5.74, 6) is 1.27. The number of carbonyl (C=O) groups excluding carboxylic acids is 1. The fourth-order valence-corrected chi connectivity index (χ4v) is 3.52. The number of benzene rings is 1. The van der Waals surface area contributed by atoms with Gasteiger partial charge < -0.3 is 10.2 Å². The van der Waals surface area contributed by atoms with Gasteiger partial charge >= 0.3 is 0 Å². The van der Waals surface area contributed by atoms with Crippen molar-refractivity contribution in [2.75, 3.05) is 25.9 Å². The lowest BCUT2D eigenvalue weighted by Gasteiger charge is -2.32. The molecule has 1 atom stereocenters. The van der Waals surface area contributed by atoms with Gasteiger partial charge in [-0.2, -0.15) is 0 Å². The van der Waals surface area contributed by atoms with E-state index in [9.17, 15) is 4.79 Å². The van der Waals surface area contributed by atoms with Crippen molar-refractivity contribution >= 4 is 29.3 Å². The van der Waals surface area contributed by atoms with Crippen molar-refractivity contribution in [1.29, 1.82) is 0 Å². The molecule has 0 spiro atoms. The Balaban J connectivity index is 1.66. The van der Waals surface area contributed by atoms with Crippen molar-refractivity contribution in [3.05, 3.63) is 29.3 Å². The summed E-state index contributed by atoms with van der Waals surface area (Å²) in [6.07, 6.45) is 3.85. The highest BCUT2D eigenvalue weighted by Gasteiger charge is 2.21. The Morgan fingerprint density at radius 2 is 2.19 bits per heavy atom. The lowest BCUT2D eigenvalue weighted by Crippen LogP contribution is -2.46. The van der Waals surface area contributed by atoms with E-state index in [1.165, 1.54) is 11.3 Å². The molecule has 1 amide bonds. The molecule has 21 heavy (non-hydrogen) atoms. The van der Waals surface area contributed by atoms with Gasteiger partial charge in [0.05, 0.1) is 0 Å². The summed E-state index contributed by atoms with van der Waals surface area (Å²) < 4.78 is 0. The van der Waals surface area contributed by atoms with Crippen LogP contribution in [0, 0.1) is 0 Å². The molecule has 1 fully saturated rings. The quantitative estimate of drug-likeness (QED) is 0.642. The average molecular weight is 327 g/mol. The molecular formula is C16H23ClN2OS. The Bertz CT molecular complexity index is 452. The molecule has 1 heterocycles. The maximum Gasteiger partial charge on any atom is 0.222 e. The molecule has 5 heteroatoms. The third-order valence-corrected chi connectivity index (χ3v) is 5.15. The van der Waals surface area contributed by atoms with Gasteiger partial charge in [0.25, 0.3) is 0 Å². The molecule has 1 unspecified atom stereocenters. The molecule has 1 aliphatic heterocycles. The zero-order valence-corrected chi connectivity index (χ0v) is 14.1. The number of carbonyl (C=O) groups is 1. The molecule has 1 aliphatic rings. The number of nitrogens with zero attached hydrogens (tertiary/aromatic N) is 1. The second-order valence-corrected chi connectivity index (χ2v) is 6.98. The molecule has 1 N–H and O–H groups in total. The van der Waals surface area contributed by atoms with Crippen molar-refractivity contribution < 1.29 is 4.79 Å². The first kappa shape index (κ1) is 16.7. The number of halogens is 1. The molecule has 0 aromatic heterocycles. The summed E-state index contributed by atoms with van der Waals surface area (Å²) in [7, 11) is 1.97. The van der Waals surface area contributed by atoms with E-state index in [1.54, 1.807) is 11.8 Å². The summed E-state index contributed by atoms with van der Waals surface area (Å²) in [6, 6.07) is 8.32. The molecule has 1 aromatic rings. The highest BCUT2D eigenvalue weighted by molar-refractivity contribution is 7.99. The van der Waals surface area contributed by atoms with Crippen LogP contribution in [0.5, 0.6) is 0 Å². The maximum absolute atomic E-state index is 12.2. The number of piperidine rings is 1. The molecule has 0 aliphatic carbocycles. The van der Waals surface area contributed by atoms with Crippen molar-refractivity contribution in [2.24, 2.45) is 0 Å². The minimum absolute atomic E-state index is 0.298. The monoisotopic (exact) mass is 326 g/mol. The van der Waals surface area contributed by atoms with Crippen LogP contribution < -0.4 is 5.32 Å². The topological polar surface area (TPSA) is 32.3 Å². The van der Waals surface area contributed by atoms with E-state index in [-0.39, 0.29) is 0 Å². The summed E-state index contributed by atoms with van der Waals surface area (Å²) in [5, 5.41) is 4.04. The predicted molar refractivity (Wildman–Crippen MR) is 90.1 cm³/mol. The molecule has 3 nitrogen and oxygen atoms in total. The smallest absolute Gasteiger partial charge is 0.222 e. The van der Waals surface area contributed by atoms with Gasteiger partial charge in [-0.05, 0) is 56.3 Å². The van der Waals surface area contributed by atoms with E-state index in [4.69, 9.17) is 11.6 Å². The third kappa shape index (κ3) is 5.53. The number of thioether (sulfide) groups is 1. The second-order valence-electron chi connectivity index (χ2n) is 5.37. The molecule has 0 saturated carbocycles. The van der Waals surface area contributed by atoms with Gasteiger partial charge in [0, 0.05) is 35.5 Å². The van der Waals surface area contributed by atoms with Gasteiger partial charge in [-0.1, -0.05) is 11.6 Å². The van der Waals surface area contributed by atoms with Crippen LogP contribution >= 0.6 is 23.4 Å². The van der Waals surface area contributed by atoms with Crippen LogP contribution in [0.4, 0.5) is 0 Å². The van der Waals surface area contributed by atoms with Crippen LogP contribution in [-0.2, 0) is 4.79 Å². The summed E-state index contributed by atoms with van der Waals surface area (Å²) in [4.78, 5) is 15.4. The molecule has 0 radical (unpaired) electrons. The lowest BCUT2D eigenvalue weighted by molar-refractivity contribution is -0.132. The molecule has 1 aromatic carbocycles. The van der Waals surface area contributed by atoms with E-state index < -0.39 is 0 Å². The predicted octanol–water partition coefficient (Wildman–Crippen LogP) is 3.42. The lowest BCUT2D eigenvalue weighted by atomic mass is 10.1. The SMILES string of the molecule is CNC1CCCN(C(=O)CCCSc2ccc(Cl)cc2)C1. The first-order chi connectivity index (χ1) is 10.2. The van der Waals surface area contributed by atoms with Gasteiger partial charge in [0.2, 0.25) is 5.91 Å². The summed E-state index contributed by atoms with van der Waals surface area (Å²) in [6.45, 7) is 1.78. The number of likely N-dealkylation sites (tertiary alicyclic amines) is 1. The Labute approximate surface area is 136 Å². The van der Waals surface area contributed by atoms with E-state index in [0.717, 1.165) is 36.7 Å². The van der Waals surface area contributed by atoms with Crippen molar-refractivity contribution in [3.63, 3.8) is 0 Å². The van der Waals surface area contributed by atoms with Crippen molar-refractivity contribution in [3.8, 4) is 0 Å². The van der Waals surface area contributed by atoms with E-state index in [1.807, 2.05) is 36.2 Å². The fraction of sp³-hybridized carbons (Fsp3) is 0.562. The molecule has 0 bridgehead atoms. The molecule has 1 saturated heterocycles. The summed E-state index contributed by atoms with van der Waals surface area (Å²) >= 11 is 7.64. The van der Waals surface area contributed by atoms with E-state index in [2.05, 4.69) is 5.32 Å². The fourth-order valence-electron chi connectivity index (χ4n) is 2.54. The minimum atomic E-state index is 0.298. The van der Waals surface area contributed by atoms with Crippen LogP contribution in [0.3, 0.4) is 0 Å². The molecule has 2 rings (SSSR count). The number of nitrogens with one attached hydrogen (secondary N) is 1. The standard InChI is InChI=1S/C16H23ClN2OS/c1-18-14-4-2-10-19(12-14)16(20)5-3-11-21-15-8-6-13(17)7-9-15/h6-9,14,18H,2-5,10-12H2,1H3. The number of hydrogen-bond acceptors (Lipinski definition) is 3. The van der Waals surface area contributed by atoms with Gasteiger partial charge in [-0.25, -0.2) is 0 Å². The minimum Gasteiger partial charge on any atom is -0.341 e. The van der Waals surface area contributed by atoms with Gasteiger partial charge in [-0.15, -0.1) is 11.8 Å². The van der Waals surface area contributed by atoms with Crippen LogP contribution in [0.25, 0.3) is 0 Å². The molecular weight excluding hydrogens is 304 g/mol. The number of hydrogen-bond donors (Lipinski definition) is 1. The zero-order chi connectivity index (χ0) is 15.1. The maximum atomic E-state index is 12.2. The van der Waals surface area contributed by atoms with Gasteiger partial charge in [-0.3, -0.25) is 4.79 Å². The van der Waals surface area contributed by atoms with Crippen LogP contribution in [0.2, 0.25) is 5.02 Å².